The molecular formula is C25H31ClF2N2O2. The van der Waals surface area contributed by atoms with Crippen LogP contribution in [-0.4, -0.2) is 48.4 Å². The van der Waals surface area contributed by atoms with Crippen molar-refractivity contribution in [3.63, 3.8) is 0 Å². The van der Waals surface area contributed by atoms with Crippen LogP contribution in [0, 0.1) is 17.6 Å². The molecule has 0 aliphatic carbocycles. The number of amides is 1. The predicted molar refractivity (Wildman–Crippen MR) is 122 cm³/mol. The van der Waals surface area contributed by atoms with Gasteiger partial charge in [0.1, 0.15) is 11.6 Å². The van der Waals surface area contributed by atoms with Crippen LogP contribution in [0.1, 0.15) is 43.9 Å². The highest BCUT2D eigenvalue weighted by Gasteiger charge is 2.24. The fourth-order valence-electron chi connectivity index (χ4n) is 3.77. The molecule has 1 saturated heterocycles. The van der Waals surface area contributed by atoms with Gasteiger partial charge in [0.05, 0.1) is 12.7 Å². The molecule has 174 valence electrons. The van der Waals surface area contributed by atoms with E-state index in [0.29, 0.717) is 37.0 Å². The SMILES string of the molecule is CC(C)CCC(=O)N1CCN(CC(OCc2c(F)cccc2F)c2ccc(Cl)cc2)CC1. The first kappa shape index (κ1) is 24.6. The normalized spacial score (nSPS) is 15.9. The molecule has 1 atom stereocenters. The summed E-state index contributed by atoms with van der Waals surface area (Å²) in [5, 5.41) is 0.612. The van der Waals surface area contributed by atoms with Gasteiger partial charge in [-0.1, -0.05) is 43.6 Å². The Morgan fingerprint density at radius 1 is 1.03 bits per heavy atom. The second-order valence-electron chi connectivity index (χ2n) is 8.67. The minimum atomic E-state index is -0.617. The molecule has 32 heavy (non-hydrogen) atoms. The minimum Gasteiger partial charge on any atom is -0.367 e. The third-order valence-corrected chi connectivity index (χ3v) is 6.07. The molecule has 0 N–H and O–H groups in total. The lowest BCUT2D eigenvalue weighted by Crippen LogP contribution is -2.49. The van der Waals surface area contributed by atoms with Gasteiger partial charge in [0.2, 0.25) is 5.91 Å². The van der Waals surface area contributed by atoms with Gasteiger partial charge in [-0.15, -0.1) is 0 Å². The lowest BCUT2D eigenvalue weighted by molar-refractivity contribution is -0.133. The second-order valence-corrected chi connectivity index (χ2v) is 9.10. The van der Waals surface area contributed by atoms with Crippen molar-refractivity contribution < 1.29 is 18.3 Å². The van der Waals surface area contributed by atoms with E-state index in [0.717, 1.165) is 25.1 Å². The molecule has 7 heteroatoms. The van der Waals surface area contributed by atoms with E-state index in [2.05, 4.69) is 18.7 Å². The van der Waals surface area contributed by atoms with E-state index in [1.54, 1.807) is 12.1 Å². The number of halogens is 3. The van der Waals surface area contributed by atoms with Crippen molar-refractivity contribution in [3.8, 4) is 0 Å². The maximum absolute atomic E-state index is 14.1. The molecule has 2 aromatic rings. The summed E-state index contributed by atoms with van der Waals surface area (Å²) in [7, 11) is 0. The molecule has 1 aliphatic rings. The largest absolute Gasteiger partial charge is 0.367 e. The van der Waals surface area contributed by atoms with Gasteiger partial charge >= 0.3 is 0 Å². The average molecular weight is 465 g/mol. The monoisotopic (exact) mass is 464 g/mol. The molecule has 1 fully saturated rings. The van der Waals surface area contributed by atoms with Crippen molar-refractivity contribution >= 4 is 17.5 Å². The van der Waals surface area contributed by atoms with Crippen LogP contribution in [0.2, 0.25) is 5.02 Å². The van der Waals surface area contributed by atoms with E-state index in [4.69, 9.17) is 16.3 Å². The van der Waals surface area contributed by atoms with Gasteiger partial charge in [-0.3, -0.25) is 9.69 Å². The smallest absolute Gasteiger partial charge is 0.222 e. The number of hydrogen-bond acceptors (Lipinski definition) is 3. The molecule has 2 aromatic carbocycles. The van der Waals surface area contributed by atoms with Crippen LogP contribution < -0.4 is 0 Å². The first-order valence-corrected chi connectivity index (χ1v) is 11.5. The molecule has 1 heterocycles. The molecule has 0 bridgehead atoms. The highest BCUT2D eigenvalue weighted by Crippen LogP contribution is 2.25. The van der Waals surface area contributed by atoms with Gasteiger partial charge in [-0.05, 0) is 42.2 Å². The van der Waals surface area contributed by atoms with E-state index >= 15 is 0 Å². The molecule has 4 nitrogen and oxygen atoms in total. The first-order chi connectivity index (χ1) is 15.3. The maximum Gasteiger partial charge on any atom is 0.222 e. The molecule has 0 aromatic heterocycles. The number of rotatable bonds is 9. The number of hydrogen-bond donors (Lipinski definition) is 0. The van der Waals surface area contributed by atoms with E-state index in [-0.39, 0.29) is 24.2 Å². The van der Waals surface area contributed by atoms with Crippen molar-refractivity contribution in [2.24, 2.45) is 5.92 Å². The van der Waals surface area contributed by atoms with E-state index < -0.39 is 11.6 Å². The molecule has 0 radical (unpaired) electrons. The fourth-order valence-corrected chi connectivity index (χ4v) is 3.90. The summed E-state index contributed by atoms with van der Waals surface area (Å²) < 4.78 is 34.1. The number of piperazine rings is 1. The quantitative estimate of drug-likeness (QED) is 0.494. The zero-order chi connectivity index (χ0) is 23.1. The van der Waals surface area contributed by atoms with Gasteiger partial charge in [0.15, 0.2) is 0 Å². The predicted octanol–water partition coefficient (Wildman–Crippen LogP) is 5.46. The van der Waals surface area contributed by atoms with Crippen LogP contribution in [-0.2, 0) is 16.1 Å². The van der Waals surface area contributed by atoms with Crippen LogP contribution in [0.25, 0.3) is 0 Å². The van der Waals surface area contributed by atoms with E-state index in [1.807, 2.05) is 17.0 Å². The van der Waals surface area contributed by atoms with Gasteiger partial charge in [0, 0.05) is 49.7 Å². The second kappa shape index (κ2) is 11.7. The third-order valence-electron chi connectivity index (χ3n) is 5.82. The molecular weight excluding hydrogens is 434 g/mol. The first-order valence-electron chi connectivity index (χ1n) is 11.1. The Kier molecular flexibility index (Phi) is 9.02. The van der Waals surface area contributed by atoms with Crippen molar-refractivity contribution in [1.82, 2.24) is 9.80 Å². The molecule has 1 aliphatic heterocycles. The highest BCUT2D eigenvalue weighted by atomic mass is 35.5. The Morgan fingerprint density at radius 3 is 2.25 bits per heavy atom. The zero-order valence-electron chi connectivity index (χ0n) is 18.7. The maximum atomic E-state index is 14.1. The van der Waals surface area contributed by atoms with Crippen LogP contribution in [0.4, 0.5) is 8.78 Å². The summed E-state index contributed by atoms with van der Waals surface area (Å²) in [6.45, 7) is 7.44. The van der Waals surface area contributed by atoms with E-state index in [9.17, 15) is 13.6 Å². The van der Waals surface area contributed by atoms with Crippen LogP contribution in [0.5, 0.6) is 0 Å². The highest BCUT2D eigenvalue weighted by molar-refractivity contribution is 6.30. The summed E-state index contributed by atoms with van der Waals surface area (Å²) in [5.41, 5.74) is 0.814. The fraction of sp³-hybridized carbons (Fsp3) is 0.480. The average Bonchev–Trinajstić information content (AvgIpc) is 2.77. The number of nitrogens with zero attached hydrogens (tertiary/aromatic N) is 2. The number of carbonyl (C=O) groups excluding carboxylic acids is 1. The topological polar surface area (TPSA) is 32.8 Å². The summed E-state index contributed by atoms with van der Waals surface area (Å²) >= 11 is 6.03. The van der Waals surface area contributed by atoms with Crippen LogP contribution >= 0.6 is 11.6 Å². The van der Waals surface area contributed by atoms with Gasteiger partial charge in [0.25, 0.3) is 0 Å². The van der Waals surface area contributed by atoms with Crippen molar-refractivity contribution in [3.05, 3.63) is 70.2 Å². The Morgan fingerprint density at radius 2 is 1.66 bits per heavy atom. The summed E-state index contributed by atoms with van der Waals surface area (Å²) in [5.74, 6) is -0.516. The number of carbonyl (C=O) groups is 1. The summed E-state index contributed by atoms with van der Waals surface area (Å²) in [6, 6.07) is 11.1. The Hall–Kier alpha value is -2.02. The van der Waals surface area contributed by atoms with Gasteiger partial charge < -0.3 is 9.64 Å². The lowest BCUT2D eigenvalue weighted by Gasteiger charge is -2.36. The van der Waals surface area contributed by atoms with Crippen LogP contribution in [0.15, 0.2) is 42.5 Å². The van der Waals surface area contributed by atoms with E-state index in [1.165, 1.54) is 18.2 Å². The van der Waals surface area contributed by atoms with Crippen molar-refractivity contribution in [1.29, 1.82) is 0 Å². The van der Waals surface area contributed by atoms with Crippen molar-refractivity contribution in [2.45, 2.75) is 39.4 Å². The number of ether oxygens (including phenoxy) is 1. The lowest BCUT2D eigenvalue weighted by atomic mass is 10.1. The number of benzene rings is 2. The Bertz CT molecular complexity index is 864. The van der Waals surface area contributed by atoms with Crippen LogP contribution in [0.3, 0.4) is 0 Å². The molecule has 0 spiro atoms. The molecule has 1 amide bonds. The summed E-state index contributed by atoms with van der Waals surface area (Å²) in [6.07, 6.45) is 1.11. The van der Waals surface area contributed by atoms with Crippen molar-refractivity contribution in [2.75, 3.05) is 32.7 Å². The molecule has 0 saturated carbocycles. The third kappa shape index (κ3) is 6.99. The molecule has 3 rings (SSSR count). The standard InChI is InChI=1S/C25H31ClF2N2O2/c1-18(2)6-11-25(31)30-14-12-29(13-15-30)16-24(19-7-9-20(26)10-8-19)32-17-21-22(27)4-3-5-23(21)28/h3-5,7-10,18,24H,6,11-17H2,1-2H3. The summed E-state index contributed by atoms with van der Waals surface area (Å²) in [4.78, 5) is 16.6. The Balaban J connectivity index is 1.62. The van der Waals surface area contributed by atoms with Gasteiger partial charge in [-0.2, -0.15) is 0 Å². The Labute approximate surface area is 194 Å². The molecule has 1 unspecified atom stereocenters. The van der Waals surface area contributed by atoms with Gasteiger partial charge in [-0.25, -0.2) is 8.78 Å². The minimum absolute atomic E-state index is 0.0768. The zero-order valence-corrected chi connectivity index (χ0v) is 19.5.